The number of amides is 11. The summed E-state index contributed by atoms with van der Waals surface area (Å²) in [6, 6.07) is -10.2. The highest BCUT2D eigenvalue weighted by Crippen LogP contribution is 2.50. The fraction of sp³-hybridized carbons (Fsp3) is 0.827. The molecule has 3 heterocycles. The van der Waals surface area contributed by atoms with Gasteiger partial charge in [-0.1, -0.05) is 79.9 Å². The molecule has 3 N–H and O–H groups in total. The second-order valence-corrected chi connectivity index (χ2v) is 32.7. The number of carbonyl (C=O) groups is 11. The molecular weight excluding hydrogens is 1400 g/mol. The van der Waals surface area contributed by atoms with Crippen LogP contribution in [0.15, 0.2) is 12.2 Å². The van der Waals surface area contributed by atoms with E-state index in [9.17, 15) is 50.3 Å². The van der Waals surface area contributed by atoms with E-state index in [1.165, 1.54) is 54.8 Å². The van der Waals surface area contributed by atoms with Gasteiger partial charge in [0, 0.05) is 80.9 Å². The quantitative estimate of drug-likeness (QED) is 0.124. The maximum atomic E-state index is 15.7. The number of carbonyl (C=O) groups excluding carboxylic acids is 11. The zero-order valence-corrected chi connectivity index (χ0v) is 64.4. The van der Waals surface area contributed by atoms with Gasteiger partial charge in [-0.05, 0) is 145 Å². The van der Waals surface area contributed by atoms with Crippen LogP contribution in [0.25, 0.3) is 0 Å². The topological polar surface area (TPSA) is 259 Å². The third kappa shape index (κ3) is 20.6. The van der Waals surface area contributed by atoms with Gasteiger partial charge < -0.3 is 59.9 Å². The Kier molecular flexibility index (Phi) is 29.6. The molecule has 23 nitrogen and oxygen atoms in total. The highest BCUT2D eigenvalue weighted by atomic mass is 19.4. The minimum absolute atomic E-state index is 0.00662. The molecule has 11 amide bonds. The van der Waals surface area contributed by atoms with E-state index in [0.717, 1.165) is 32.4 Å². The van der Waals surface area contributed by atoms with Crippen LogP contribution in [0.1, 0.15) is 190 Å². The molecule has 4 saturated carbocycles. The Labute approximate surface area is 619 Å². The lowest BCUT2D eigenvalue weighted by atomic mass is 9.58. The molecule has 4 aliphatic carbocycles. The van der Waals surface area contributed by atoms with Crippen molar-refractivity contribution in [3.8, 4) is 0 Å². The second kappa shape index (κ2) is 36.2. The number of nitrogens with zero attached hydrogens (tertiary/aromatic N) is 8. The monoisotopic (exact) mass is 1520 g/mol. The molecule has 0 aromatic rings. The van der Waals surface area contributed by atoms with E-state index >= 15 is 37.5 Å². The minimum Gasteiger partial charge on any atom is -0.377 e. The van der Waals surface area contributed by atoms with Gasteiger partial charge in [-0.2, -0.15) is 26.3 Å². The van der Waals surface area contributed by atoms with Gasteiger partial charge in [-0.25, -0.2) is 8.78 Å². The van der Waals surface area contributed by atoms with Crippen molar-refractivity contribution in [2.75, 3.05) is 75.1 Å². The van der Waals surface area contributed by atoms with Crippen LogP contribution in [0, 0.1) is 46.8 Å². The number of nitrogens with one attached hydrogen (secondary N) is 3. The van der Waals surface area contributed by atoms with Crippen molar-refractivity contribution in [1.29, 1.82) is 0 Å². The van der Waals surface area contributed by atoms with Crippen LogP contribution in [0.3, 0.4) is 0 Å². The highest BCUT2D eigenvalue weighted by molar-refractivity contribution is 6.00. The standard InChI is InChI=1S/C75H117F8N11O12/c1-15-44(6)62-69(103)88(10)40-60(97)90(12)54-25-19-18-22-32-93(68(54)102)57(35-45-26-29-48(30-27-45)74(78,79)80)67(101)87(9)39-58(95)84-52(31-28-46-33-50(76)61(51(77)34-46)75(81,82)83)66(100)94-38-49(106-17-3)36-56(94)65(99)86-73(41-72(7,8)42-73)71(105)92(14)63(47-23-20-21-24-47)70(104)91(13)55(43(4)5)37-59(96)89(11)53(16-2)64(98)85-62/h18-19,43-57,61-63H,15-17,20-42H2,1-14H3,(H,84,95)(H,85,98)(H,86,99)/b19-18-/t44-,45?,46?,48?,49+,50?,51?,52-,53-,54-,55+,56-,57-,61?,62-,63-/m0/s1. The predicted molar refractivity (Wildman–Crippen MR) is 377 cm³/mol. The van der Waals surface area contributed by atoms with E-state index in [-0.39, 0.29) is 115 Å². The number of rotatable bonds is 12. The van der Waals surface area contributed by atoms with Gasteiger partial charge in [0.05, 0.1) is 25.1 Å². The highest BCUT2D eigenvalue weighted by Gasteiger charge is 2.60. The average molecular weight is 1520 g/mol. The Morgan fingerprint density at radius 1 is 0.613 bits per heavy atom. The molecule has 31 heteroatoms. The maximum absolute atomic E-state index is 15.7. The molecule has 2 unspecified atom stereocenters. The van der Waals surface area contributed by atoms with Crippen LogP contribution in [-0.4, -0.2) is 264 Å². The van der Waals surface area contributed by atoms with Gasteiger partial charge in [-0.15, -0.1) is 0 Å². The Morgan fingerprint density at radius 2 is 1.23 bits per heavy atom. The molecule has 12 atom stereocenters. The number of likely N-dealkylation sites (N-methyl/N-ethyl adjacent to an activating group) is 6. The SMILES string of the molecule is CCO[C@@H]1C[C@H]2C(=O)NC3(CC(C)(C)C3)C(=O)N(C)[C@@H](C3CCCC3)C(=O)N(C)[C@@H](C(C)C)CC(=O)N(C)[C@@H](CC)C(=O)N[C@@H]([C@@H](C)CC)C(=O)N(C)CC(=O)N(C)[C@H]3C/C=C\CCN(C3=O)[C@@H](CC3CCC(C(F)(F)F)CC3)C(=O)N(C)CC(=O)N[C@@H](CCC3CC(F)C(C(F)(F)F)C(F)C3)C(=O)N2C1. The molecule has 7 rings (SSSR count). The molecular formula is C75H117F8N11O12. The Bertz CT molecular complexity index is 3140. The molecule has 600 valence electrons. The van der Waals surface area contributed by atoms with Gasteiger partial charge in [0.1, 0.15) is 66.1 Å². The maximum Gasteiger partial charge on any atom is 0.397 e. The van der Waals surface area contributed by atoms with Crippen molar-refractivity contribution >= 4 is 65.0 Å². The summed E-state index contributed by atoms with van der Waals surface area (Å²) < 4.78 is 121. The summed E-state index contributed by atoms with van der Waals surface area (Å²) in [5.74, 6) is -15.5. The molecule has 1 spiro atoms. The zero-order chi connectivity index (χ0) is 79.0. The van der Waals surface area contributed by atoms with Gasteiger partial charge in [-0.3, -0.25) is 52.7 Å². The van der Waals surface area contributed by atoms with Crippen LogP contribution in [-0.2, 0) is 57.5 Å². The van der Waals surface area contributed by atoms with Crippen molar-refractivity contribution in [2.24, 2.45) is 46.8 Å². The largest absolute Gasteiger partial charge is 0.397 e. The van der Waals surface area contributed by atoms with Crippen molar-refractivity contribution in [1.82, 2.24) is 55.1 Å². The number of alkyl halides is 8. The van der Waals surface area contributed by atoms with Crippen LogP contribution < -0.4 is 16.0 Å². The van der Waals surface area contributed by atoms with Crippen molar-refractivity contribution in [2.45, 2.75) is 275 Å². The normalized spacial score (nSPS) is 32.9. The number of ether oxygens (including phenoxy) is 1. The lowest BCUT2D eigenvalue weighted by molar-refractivity contribution is -0.219. The Morgan fingerprint density at radius 3 is 1.78 bits per heavy atom. The smallest absolute Gasteiger partial charge is 0.377 e. The summed E-state index contributed by atoms with van der Waals surface area (Å²) in [6.07, 6.45) is -12.5. The summed E-state index contributed by atoms with van der Waals surface area (Å²) in [6.45, 7) is 12.6. The summed E-state index contributed by atoms with van der Waals surface area (Å²) in [5.41, 5.74) is -2.23. The van der Waals surface area contributed by atoms with Gasteiger partial charge in [0.15, 0.2) is 0 Å². The predicted octanol–water partition coefficient (Wildman–Crippen LogP) is 7.92. The number of hydrogen-bond donors (Lipinski definition) is 3. The van der Waals surface area contributed by atoms with Crippen molar-refractivity contribution < 1.29 is 92.6 Å². The summed E-state index contributed by atoms with van der Waals surface area (Å²) in [5, 5.41) is 8.53. The van der Waals surface area contributed by atoms with E-state index in [2.05, 4.69) is 16.0 Å². The van der Waals surface area contributed by atoms with E-state index < -0.39 is 217 Å². The molecule has 106 heavy (non-hydrogen) atoms. The first-order valence-corrected chi connectivity index (χ1v) is 38.3. The fourth-order valence-corrected chi connectivity index (χ4v) is 17.9. The van der Waals surface area contributed by atoms with E-state index in [1.54, 1.807) is 46.9 Å². The molecule has 0 radical (unpaired) electrons. The third-order valence-corrected chi connectivity index (χ3v) is 24.0. The van der Waals surface area contributed by atoms with Crippen molar-refractivity contribution in [3.63, 3.8) is 0 Å². The van der Waals surface area contributed by atoms with Crippen LogP contribution in [0.5, 0.6) is 0 Å². The third-order valence-electron chi connectivity index (χ3n) is 24.0. The summed E-state index contributed by atoms with van der Waals surface area (Å²) >= 11 is 0. The number of halogens is 8. The van der Waals surface area contributed by atoms with Crippen LogP contribution in [0.4, 0.5) is 35.1 Å². The second-order valence-electron chi connectivity index (χ2n) is 32.7. The first-order valence-electron chi connectivity index (χ1n) is 38.3. The summed E-state index contributed by atoms with van der Waals surface area (Å²) in [4.78, 5) is 176. The average Bonchev–Trinajstić information content (AvgIpc) is 0.905. The first kappa shape index (κ1) is 86.5. The van der Waals surface area contributed by atoms with Gasteiger partial charge in [0.25, 0.3) is 0 Å². The Balaban J connectivity index is 1.32. The fourth-order valence-electron chi connectivity index (χ4n) is 17.9. The lowest BCUT2D eigenvalue weighted by Crippen LogP contribution is -2.71. The van der Waals surface area contributed by atoms with Gasteiger partial charge >= 0.3 is 12.4 Å². The molecule has 0 aromatic heterocycles. The van der Waals surface area contributed by atoms with E-state index in [0.29, 0.717) is 19.3 Å². The number of hydrogen-bond acceptors (Lipinski definition) is 12. The molecule has 2 saturated heterocycles. The molecule has 3 aliphatic heterocycles. The summed E-state index contributed by atoms with van der Waals surface area (Å²) in [7, 11) is 8.43. The molecule has 2 bridgehead atoms. The minimum atomic E-state index is -5.21. The first-order chi connectivity index (χ1) is 49.5. The van der Waals surface area contributed by atoms with E-state index in [1.807, 2.05) is 27.7 Å². The van der Waals surface area contributed by atoms with E-state index in [4.69, 9.17) is 4.74 Å². The molecule has 7 aliphatic rings. The zero-order valence-electron chi connectivity index (χ0n) is 64.4. The molecule has 6 fully saturated rings. The lowest BCUT2D eigenvalue weighted by Gasteiger charge is -2.54. The Hall–Kier alpha value is -6.69. The number of fused-ring (bicyclic) bond motifs is 3. The van der Waals surface area contributed by atoms with Crippen molar-refractivity contribution in [3.05, 3.63) is 12.2 Å². The molecule has 0 aromatic carbocycles. The van der Waals surface area contributed by atoms with Gasteiger partial charge in [0.2, 0.25) is 65.0 Å². The van der Waals surface area contributed by atoms with Crippen LogP contribution >= 0.6 is 0 Å². The van der Waals surface area contributed by atoms with Crippen LogP contribution in [0.2, 0.25) is 0 Å².